The van der Waals surface area contributed by atoms with E-state index < -0.39 is 28.6 Å². The Bertz CT molecular complexity index is 652. The van der Waals surface area contributed by atoms with E-state index in [0.717, 1.165) is 5.57 Å². The first-order valence-corrected chi connectivity index (χ1v) is 9.48. The number of hydrogen-bond acceptors (Lipinski definition) is 5. The number of aliphatic hydroxyl groups excluding tert-OH is 2. The summed E-state index contributed by atoms with van der Waals surface area (Å²) >= 11 is 0. The van der Waals surface area contributed by atoms with Gasteiger partial charge in [0.2, 0.25) is 0 Å². The van der Waals surface area contributed by atoms with E-state index in [1.54, 1.807) is 6.92 Å². The number of ether oxygens (including phenoxy) is 1. The quantitative estimate of drug-likeness (QED) is 0.578. The minimum absolute atomic E-state index is 0.0375. The molecule has 4 rings (SSSR count). The monoisotopic (exact) mass is 350 g/mol. The largest absolute Gasteiger partial charge is 0.392 e. The first-order chi connectivity index (χ1) is 11.5. The summed E-state index contributed by atoms with van der Waals surface area (Å²) in [6, 6.07) is 0. The molecule has 0 aromatic carbocycles. The molecule has 140 valence electrons. The summed E-state index contributed by atoms with van der Waals surface area (Å²) in [7, 11) is 0. The van der Waals surface area contributed by atoms with Crippen LogP contribution in [0.2, 0.25) is 0 Å². The van der Waals surface area contributed by atoms with E-state index in [2.05, 4.69) is 0 Å². The van der Waals surface area contributed by atoms with Crippen molar-refractivity contribution in [1.82, 2.24) is 0 Å². The molecule has 0 aromatic heterocycles. The van der Waals surface area contributed by atoms with E-state index in [1.807, 2.05) is 20.8 Å². The highest BCUT2D eigenvalue weighted by Gasteiger charge is 2.65. The van der Waals surface area contributed by atoms with Gasteiger partial charge in [0.25, 0.3) is 0 Å². The number of allylic oxidation sites excluding steroid dienone is 1. The van der Waals surface area contributed by atoms with E-state index in [-0.39, 0.29) is 23.7 Å². The van der Waals surface area contributed by atoms with Crippen LogP contribution < -0.4 is 0 Å². The third kappa shape index (κ3) is 2.01. The Kier molecular flexibility index (Phi) is 3.64. The SMILES string of the molecule is CC1=C2C(O)C(=O)[C@@]3(C)C(O)CC4OCC4C3CC(O)(CC1)C2(C)C. The zero-order valence-electron chi connectivity index (χ0n) is 15.6. The van der Waals surface area contributed by atoms with Gasteiger partial charge in [-0.25, -0.2) is 0 Å². The molecule has 1 saturated heterocycles. The van der Waals surface area contributed by atoms with E-state index >= 15 is 0 Å². The normalized spacial score (nSPS) is 51.8. The molecule has 2 saturated carbocycles. The number of carbonyl (C=O) groups is 1. The number of carbonyl (C=O) groups excluding carboxylic acids is 1. The number of rotatable bonds is 0. The van der Waals surface area contributed by atoms with Gasteiger partial charge >= 0.3 is 0 Å². The van der Waals surface area contributed by atoms with Crippen LogP contribution in [0.1, 0.15) is 53.4 Å². The van der Waals surface area contributed by atoms with Crippen molar-refractivity contribution < 1.29 is 24.9 Å². The van der Waals surface area contributed by atoms with Gasteiger partial charge in [-0.2, -0.15) is 0 Å². The second kappa shape index (κ2) is 5.16. The fourth-order valence-electron chi connectivity index (χ4n) is 6.18. The maximum Gasteiger partial charge on any atom is 0.174 e. The summed E-state index contributed by atoms with van der Waals surface area (Å²) < 4.78 is 5.61. The van der Waals surface area contributed by atoms with Gasteiger partial charge < -0.3 is 20.1 Å². The summed E-state index contributed by atoms with van der Waals surface area (Å²) in [6.45, 7) is 8.19. The average molecular weight is 350 g/mol. The first kappa shape index (κ1) is 17.7. The van der Waals surface area contributed by atoms with Crippen molar-refractivity contribution in [3.05, 3.63) is 11.1 Å². The van der Waals surface area contributed by atoms with Crippen LogP contribution in [0.25, 0.3) is 0 Å². The summed E-state index contributed by atoms with van der Waals surface area (Å²) in [5, 5.41) is 33.5. The van der Waals surface area contributed by atoms with E-state index in [1.165, 1.54) is 0 Å². The lowest BCUT2D eigenvalue weighted by atomic mass is 9.47. The fraction of sp³-hybridized carbons (Fsp3) is 0.850. The molecule has 25 heavy (non-hydrogen) atoms. The maximum atomic E-state index is 13.4. The van der Waals surface area contributed by atoms with Crippen molar-refractivity contribution >= 4 is 5.78 Å². The Hall–Kier alpha value is -0.750. The topological polar surface area (TPSA) is 87.0 Å². The minimum Gasteiger partial charge on any atom is -0.392 e. The Labute approximate surface area is 149 Å². The molecule has 5 nitrogen and oxygen atoms in total. The van der Waals surface area contributed by atoms with Crippen molar-refractivity contribution in [3.8, 4) is 0 Å². The maximum absolute atomic E-state index is 13.4. The van der Waals surface area contributed by atoms with Crippen LogP contribution in [0.4, 0.5) is 0 Å². The van der Waals surface area contributed by atoms with Crippen LogP contribution in [0.5, 0.6) is 0 Å². The molecule has 6 unspecified atom stereocenters. The predicted octanol–water partition coefficient (Wildman–Crippen LogP) is 1.59. The summed E-state index contributed by atoms with van der Waals surface area (Å²) in [4.78, 5) is 13.4. The molecule has 1 heterocycles. The average Bonchev–Trinajstić information content (AvgIpc) is 2.51. The van der Waals surface area contributed by atoms with Crippen LogP contribution in [-0.2, 0) is 9.53 Å². The van der Waals surface area contributed by atoms with Gasteiger partial charge in [0, 0.05) is 17.8 Å². The predicted molar refractivity (Wildman–Crippen MR) is 91.7 cm³/mol. The number of hydrogen-bond donors (Lipinski definition) is 3. The highest BCUT2D eigenvalue weighted by atomic mass is 16.5. The highest BCUT2D eigenvalue weighted by molar-refractivity contribution is 5.92. The van der Waals surface area contributed by atoms with Crippen LogP contribution in [0, 0.1) is 22.7 Å². The summed E-state index contributed by atoms with van der Waals surface area (Å²) in [6.07, 6.45) is 0.0513. The van der Waals surface area contributed by atoms with Gasteiger partial charge in [0.15, 0.2) is 5.78 Å². The smallest absolute Gasteiger partial charge is 0.174 e. The van der Waals surface area contributed by atoms with Crippen molar-refractivity contribution in [3.63, 3.8) is 0 Å². The van der Waals surface area contributed by atoms with Gasteiger partial charge in [-0.1, -0.05) is 19.4 Å². The van der Waals surface area contributed by atoms with E-state index in [0.29, 0.717) is 37.9 Å². The molecular formula is C20H30O5. The molecule has 4 aliphatic rings. The van der Waals surface area contributed by atoms with Gasteiger partial charge in [-0.15, -0.1) is 0 Å². The van der Waals surface area contributed by atoms with Gasteiger partial charge in [-0.3, -0.25) is 4.79 Å². The lowest BCUT2D eigenvalue weighted by molar-refractivity contribution is -0.241. The summed E-state index contributed by atoms with van der Waals surface area (Å²) in [5.41, 5.74) is -1.06. The zero-order valence-corrected chi connectivity index (χ0v) is 15.6. The van der Waals surface area contributed by atoms with Crippen LogP contribution in [0.3, 0.4) is 0 Å². The van der Waals surface area contributed by atoms with Crippen molar-refractivity contribution in [2.45, 2.75) is 77.3 Å². The first-order valence-electron chi connectivity index (χ1n) is 9.48. The van der Waals surface area contributed by atoms with Gasteiger partial charge in [0.05, 0.1) is 29.8 Å². The summed E-state index contributed by atoms with van der Waals surface area (Å²) in [5.74, 6) is -0.305. The Morgan fingerprint density at radius 1 is 1.20 bits per heavy atom. The number of fused-ring (bicyclic) bond motifs is 5. The highest BCUT2D eigenvalue weighted by Crippen LogP contribution is 2.60. The molecular weight excluding hydrogens is 320 g/mol. The van der Waals surface area contributed by atoms with Gasteiger partial charge in [-0.05, 0) is 44.6 Å². The molecule has 3 fully saturated rings. The molecule has 7 atom stereocenters. The molecule has 2 bridgehead atoms. The third-order valence-electron chi connectivity index (χ3n) is 8.24. The Balaban J connectivity index is 1.90. The molecule has 0 radical (unpaired) electrons. The molecule has 0 aromatic rings. The lowest BCUT2D eigenvalue weighted by Gasteiger charge is -2.61. The zero-order chi connectivity index (χ0) is 18.4. The molecule has 1 aliphatic heterocycles. The molecule has 5 heteroatoms. The fourth-order valence-corrected chi connectivity index (χ4v) is 6.18. The third-order valence-corrected chi connectivity index (χ3v) is 8.24. The number of ketones is 1. The molecule has 0 spiro atoms. The second-order valence-electron chi connectivity index (χ2n) is 9.50. The van der Waals surface area contributed by atoms with Crippen LogP contribution >= 0.6 is 0 Å². The van der Waals surface area contributed by atoms with Crippen LogP contribution in [0.15, 0.2) is 11.1 Å². The number of Topliss-reactive ketones (excluding diaryl/α,β-unsaturated/α-hetero) is 1. The number of aliphatic hydroxyl groups is 3. The molecule has 0 amide bonds. The lowest BCUT2D eigenvalue weighted by Crippen LogP contribution is -2.68. The standard InChI is InChI=1S/C20H30O5/c1-10-5-6-20(24)8-12-11-9-25-13(11)7-14(21)19(12,4)17(23)16(22)15(10)18(20,2)3/h11-14,16,21-22,24H,5-9H2,1-4H3/t11?,12?,13?,14?,16?,19-,20?/m1/s1. The van der Waals surface area contributed by atoms with E-state index in [9.17, 15) is 20.1 Å². The second-order valence-corrected chi connectivity index (χ2v) is 9.50. The van der Waals surface area contributed by atoms with E-state index in [4.69, 9.17) is 4.74 Å². The van der Waals surface area contributed by atoms with Crippen molar-refractivity contribution in [2.75, 3.05) is 6.61 Å². The van der Waals surface area contributed by atoms with Crippen LogP contribution in [-0.4, -0.2) is 51.6 Å². The Morgan fingerprint density at radius 3 is 2.48 bits per heavy atom. The molecule has 3 aliphatic carbocycles. The van der Waals surface area contributed by atoms with Crippen molar-refractivity contribution in [1.29, 1.82) is 0 Å². The van der Waals surface area contributed by atoms with Gasteiger partial charge in [0.1, 0.15) is 6.10 Å². The molecule has 3 N–H and O–H groups in total. The minimum atomic E-state index is -1.26. The Morgan fingerprint density at radius 2 is 1.88 bits per heavy atom. The van der Waals surface area contributed by atoms with Crippen molar-refractivity contribution in [2.24, 2.45) is 22.7 Å².